The normalized spacial score (nSPS) is 10.6. The summed E-state index contributed by atoms with van der Waals surface area (Å²) >= 11 is 0. The van der Waals surface area contributed by atoms with Crippen LogP contribution in [0.15, 0.2) is 35.4 Å². The third kappa shape index (κ3) is 3.16. The minimum absolute atomic E-state index is 0.0930. The number of methoxy groups -OCH3 is 1. The Hall–Kier alpha value is -2.50. The highest BCUT2D eigenvalue weighted by atomic mass is 16.5. The van der Waals surface area contributed by atoms with Crippen molar-refractivity contribution < 1.29 is 14.6 Å². The van der Waals surface area contributed by atoms with E-state index in [9.17, 15) is 9.59 Å². The van der Waals surface area contributed by atoms with Crippen LogP contribution in [0.3, 0.4) is 0 Å². The zero-order chi connectivity index (χ0) is 15.4. The van der Waals surface area contributed by atoms with Crippen molar-refractivity contribution in [2.45, 2.75) is 26.4 Å². The fourth-order valence-electron chi connectivity index (χ4n) is 2.20. The number of hydrogen-bond donors (Lipinski definition) is 1. The molecule has 1 heterocycles. The van der Waals surface area contributed by atoms with Gasteiger partial charge in [0, 0.05) is 18.9 Å². The molecule has 0 amide bonds. The number of carboxylic acids is 1. The summed E-state index contributed by atoms with van der Waals surface area (Å²) in [5, 5.41) is 9.16. The molecule has 2 aromatic rings. The average molecular weight is 290 g/mol. The van der Waals surface area contributed by atoms with Crippen molar-refractivity contribution in [2.75, 3.05) is 7.11 Å². The number of aromatic carboxylic acids is 1. The highest BCUT2D eigenvalue weighted by molar-refractivity contribution is 5.91. The Balaban J connectivity index is 2.30. The molecule has 21 heavy (non-hydrogen) atoms. The SMILES string of the molecule is CCCn1ccn(Cc2ccc(OC)c(C(=O)O)c2)c1=O. The van der Waals surface area contributed by atoms with Crippen molar-refractivity contribution in [2.24, 2.45) is 0 Å². The fraction of sp³-hybridized carbons (Fsp3) is 0.333. The number of ether oxygens (including phenoxy) is 1. The van der Waals surface area contributed by atoms with Gasteiger partial charge in [0.25, 0.3) is 0 Å². The van der Waals surface area contributed by atoms with Gasteiger partial charge in [-0.15, -0.1) is 0 Å². The van der Waals surface area contributed by atoms with Gasteiger partial charge in [0.1, 0.15) is 11.3 Å². The molecule has 0 spiro atoms. The van der Waals surface area contributed by atoms with Crippen molar-refractivity contribution in [1.29, 1.82) is 0 Å². The monoisotopic (exact) mass is 290 g/mol. The molecule has 0 atom stereocenters. The Kier molecular flexibility index (Phi) is 4.47. The Morgan fingerprint density at radius 2 is 2.00 bits per heavy atom. The first kappa shape index (κ1) is 14.9. The second-order valence-electron chi connectivity index (χ2n) is 4.74. The van der Waals surface area contributed by atoms with Crippen LogP contribution in [0.5, 0.6) is 5.75 Å². The first-order valence-corrected chi connectivity index (χ1v) is 6.72. The second-order valence-corrected chi connectivity index (χ2v) is 4.74. The van der Waals surface area contributed by atoms with E-state index >= 15 is 0 Å². The van der Waals surface area contributed by atoms with Crippen LogP contribution in [0, 0.1) is 0 Å². The van der Waals surface area contributed by atoms with Crippen LogP contribution in [0.1, 0.15) is 29.3 Å². The molecule has 0 saturated heterocycles. The van der Waals surface area contributed by atoms with Crippen LogP contribution < -0.4 is 10.4 Å². The number of aryl methyl sites for hydroxylation is 1. The number of rotatable bonds is 6. The molecule has 6 heteroatoms. The number of imidazole rings is 1. The molecule has 0 fully saturated rings. The van der Waals surface area contributed by atoms with Crippen molar-refractivity contribution in [3.63, 3.8) is 0 Å². The Morgan fingerprint density at radius 3 is 2.62 bits per heavy atom. The third-order valence-electron chi connectivity index (χ3n) is 3.23. The topological polar surface area (TPSA) is 73.5 Å². The molecule has 0 aliphatic rings. The van der Waals surface area contributed by atoms with Crippen LogP contribution in [0.25, 0.3) is 0 Å². The quantitative estimate of drug-likeness (QED) is 0.880. The molecule has 0 saturated carbocycles. The first-order chi connectivity index (χ1) is 10.1. The Bertz CT molecular complexity index is 700. The van der Waals surface area contributed by atoms with Gasteiger partial charge in [-0.2, -0.15) is 0 Å². The van der Waals surface area contributed by atoms with E-state index in [1.807, 2.05) is 6.92 Å². The summed E-state index contributed by atoms with van der Waals surface area (Å²) < 4.78 is 8.22. The van der Waals surface area contributed by atoms with E-state index in [2.05, 4.69) is 0 Å². The standard InChI is InChI=1S/C15H18N2O4/c1-3-6-16-7-8-17(15(16)20)10-11-4-5-13(21-2)12(9-11)14(18)19/h4-5,7-9H,3,6,10H2,1-2H3,(H,18,19). The predicted molar refractivity (Wildman–Crippen MR) is 78.0 cm³/mol. The van der Waals surface area contributed by atoms with Gasteiger partial charge in [0.2, 0.25) is 0 Å². The molecule has 2 rings (SSSR count). The predicted octanol–water partition coefficient (Wildman–Crippen LogP) is 1.81. The summed E-state index contributed by atoms with van der Waals surface area (Å²) in [7, 11) is 1.43. The maximum absolute atomic E-state index is 12.1. The lowest BCUT2D eigenvalue weighted by atomic mass is 10.1. The van der Waals surface area contributed by atoms with Crippen LogP contribution in [-0.4, -0.2) is 27.3 Å². The largest absolute Gasteiger partial charge is 0.496 e. The first-order valence-electron chi connectivity index (χ1n) is 6.72. The summed E-state index contributed by atoms with van der Waals surface area (Å²) in [6.07, 6.45) is 4.34. The van der Waals surface area contributed by atoms with Crippen LogP contribution in [0.4, 0.5) is 0 Å². The minimum atomic E-state index is -1.05. The molecule has 112 valence electrons. The van der Waals surface area contributed by atoms with Crippen LogP contribution in [-0.2, 0) is 13.1 Å². The van der Waals surface area contributed by atoms with Gasteiger partial charge in [0.15, 0.2) is 0 Å². The molecular weight excluding hydrogens is 272 g/mol. The number of nitrogens with zero attached hydrogens (tertiary/aromatic N) is 2. The maximum atomic E-state index is 12.1. The van der Waals surface area contributed by atoms with E-state index < -0.39 is 5.97 Å². The lowest BCUT2D eigenvalue weighted by molar-refractivity contribution is 0.0693. The van der Waals surface area contributed by atoms with Gasteiger partial charge < -0.3 is 9.84 Å². The van der Waals surface area contributed by atoms with E-state index in [0.717, 1.165) is 12.0 Å². The van der Waals surface area contributed by atoms with Crippen LogP contribution >= 0.6 is 0 Å². The van der Waals surface area contributed by atoms with Gasteiger partial charge in [-0.25, -0.2) is 9.59 Å². The van der Waals surface area contributed by atoms with Crippen LogP contribution in [0.2, 0.25) is 0 Å². The average Bonchev–Trinajstić information content (AvgIpc) is 2.80. The minimum Gasteiger partial charge on any atom is -0.496 e. The van der Waals surface area contributed by atoms with Crippen molar-refractivity contribution in [1.82, 2.24) is 9.13 Å². The van der Waals surface area contributed by atoms with E-state index in [-0.39, 0.29) is 11.3 Å². The number of aromatic nitrogens is 2. The molecule has 0 aliphatic carbocycles. The van der Waals surface area contributed by atoms with E-state index in [0.29, 0.717) is 18.8 Å². The molecule has 1 aromatic carbocycles. The molecule has 6 nitrogen and oxygen atoms in total. The van der Waals surface area contributed by atoms with E-state index in [1.165, 1.54) is 13.2 Å². The zero-order valence-electron chi connectivity index (χ0n) is 12.1. The van der Waals surface area contributed by atoms with Crippen molar-refractivity contribution >= 4 is 5.97 Å². The van der Waals surface area contributed by atoms with Gasteiger partial charge in [-0.1, -0.05) is 13.0 Å². The number of hydrogen-bond acceptors (Lipinski definition) is 3. The highest BCUT2D eigenvalue weighted by Gasteiger charge is 2.12. The highest BCUT2D eigenvalue weighted by Crippen LogP contribution is 2.20. The lowest BCUT2D eigenvalue weighted by Crippen LogP contribution is -2.24. The zero-order valence-corrected chi connectivity index (χ0v) is 12.1. The summed E-state index contributed by atoms with van der Waals surface area (Å²) in [6, 6.07) is 4.90. The number of carboxylic acid groups (broad SMARTS) is 1. The Morgan fingerprint density at radius 1 is 1.29 bits per heavy atom. The van der Waals surface area contributed by atoms with Gasteiger partial charge in [-0.3, -0.25) is 9.13 Å². The van der Waals surface area contributed by atoms with Crippen molar-refractivity contribution in [3.8, 4) is 5.75 Å². The Labute approximate surface area is 122 Å². The maximum Gasteiger partial charge on any atom is 0.339 e. The molecular formula is C15H18N2O4. The molecule has 0 radical (unpaired) electrons. The van der Waals surface area contributed by atoms with E-state index in [1.54, 1.807) is 33.7 Å². The smallest absolute Gasteiger partial charge is 0.339 e. The summed E-state index contributed by atoms with van der Waals surface area (Å²) in [5.41, 5.74) is 0.741. The number of benzene rings is 1. The van der Waals surface area contributed by atoms with Gasteiger partial charge >= 0.3 is 11.7 Å². The molecule has 0 aliphatic heterocycles. The summed E-state index contributed by atoms with van der Waals surface area (Å²) in [5.74, 6) is -0.744. The molecule has 0 unspecified atom stereocenters. The second kappa shape index (κ2) is 6.30. The lowest BCUT2D eigenvalue weighted by Gasteiger charge is -2.08. The third-order valence-corrected chi connectivity index (χ3v) is 3.23. The summed E-state index contributed by atoms with van der Waals surface area (Å²) in [6.45, 7) is 3.01. The fourth-order valence-corrected chi connectivity index (χ4v) is 2.20. The van der Waals surface area contributed by atoms with E-state index in [4.69, 9.17) is 9.84 Å². The van der Waals surface area contributed by atoms with Gasteiger partial charge in [0.05, 0.1) is 13.7 Å². The molecule has 0 bridgehead atoms. The van der Waals surface area contributed by atoms with Crippen molar-refractivity contribution in [3.05, 3.63) is 52.2 Å². The summed E-state index contributed by atoms with van der Waals surface area (Å²) in [4.78, 5) is 23.3. The van der Waals surface area contributed by atoms with Gasteiger partial charge in [-0.05, 0) is 24.1 Å². The molecule has 1 N–H and O–H groups in total. The molecule has 1 aromatic heterocycles. The number of carbonyl (C=O) groups is 1.